The fraction of sp³-hybridized carbons (Fsp3) is 0.571. The average molecular weight is 403 g/mol. The molecule has 1 aromatic carbocycles. The molecule has 0 atom stereocenters. The summed E-state index contributed by atoms with van der Waals surface area (Å²) in [6.07, 6.45) is 8.92. The van der Waals surface area contributed by atoms with Gasteiger partial charge in [0.2, 0.25) is 10.0 Å². The molecule has 2 N–H and O–H groups in total. The molecular formula is C21H30N4O2S. The van der Waals surface area contributed by atoms with Crippen LogP contribution in [0.25, 0.3) is 0 Å². The number of nitrogens with zero attached hydrogens (tertiary/aromatic N) is 2. The van der Waals surface area contributed by atoms with Gasteiger partial charge in [-0.1, -0.05) is 6.08 Å². The summed E-state index contributed by atoms with van der Waals surface area (Å²) in [7, 11) is -3.19. The van der Waals surface area contributed by atoms with Crippen molar-refractivity contribution in [3.63, 3.8) is 0 Å². The largest absolute Gasteiger partial charge is 0.385 e. The van der Waals surface area contributed by atoms with Gasteiger partial charge in [0.05, 0.1) is 16.5 Å². The van der Waals surface area contributed by atoms with Gasteiger partial charge in [-0.25, -0.2) is 13.1 Å². The maximum absolute atomic E-state index is 12.0. The monoisotopic (exact) mass is 402 g/mol. The Morgan fingerprint density at radius 2 is 2.00 bits per heavy atom. The van der Waals surface area contributed by atoms with Gasteiger partial charge in [-0.05, 0) is 70.1 Å². The Kier molecular flexibility index (Phi) is 6.63. The summed E-state index contributed by atoms with van der Waals surface area (Å²) < 4.78 is 26.9. The molecule has 0 aromatic heterocycles. The van der Waals surface area contributed by atoms with Gasteiger partial charge in [0.1, 0.15) is 6.07 Å². The van der Waals surface area contributed by atoms with Crippen molar-refractivity contribution in [2.75, 3.05) is 23.3 Å². The van der Waals surface area contributed by atoms with Crippen molar-refractivity contribution < 1.29 is 8.42 Å². The third kappa shape index (κ3) is 5.06. The van der Waals surface area contributed by atoms with Gasteiger partial charge in [-0.2, -0.15) is 5.26 Å². The maximum Gasteiger partial charge on any atom is 0.214 e. The minimum absolute atomic E-state index is 0.0571. The van der Waals surface area contributed by atoms with E-state index in [0.717, 1.165) is 56.6 Å². The SMILES string of the molecule is CC(C)S(=O)(=O)N[C@H]1CC[C@H](CNc2ccc(N3C=CCC3)c(C#N)c2)CC1. The van der Waals surface area contributed by atoms with Crippen LogP contribution in [0.4, 0.5) is 11.4 Å². The fourth-order valence-corrected chi connectivity index (χ4v) is 4.76. The zero-order valence-electron chi connectivity index (χ0n) is 16.7. The molecule has 0 unspecified atom stereocenters. The topological polar surface area (TPSA) is 85.2 Å². The van der Waals surface area contributed by atoms with E-state index in [1.165, 1.54) is 0 Å². The standard InChI is InChI=1S/C21H30N4O2S/c1-16(2)28(26,27)24-19-7-5-17(6-8-19)15-23-20-9-10-21(18(13-20)14-22)25-11-3-4-12-25/h3,9-11,13,16-17,19,23-24H,4-8,12,15H2,1-2H3/t17-,19-. The van der Waals surface area contributed by atoms with Gasteiger partial charge in [0.15, 0.2) is 0 Å². The summed E-state index contributed by atoms with van der Waals surface area (Å²) in [6, 6.07) is 8.32. The highest BCUT2D eigenvalue weighted by Crippen LogP contribution is 2.28. The van der Waals surface area contributed by atoms with Crippen LogP contribution in [-0.4, -0.2) is 32.8 Å². The van der Waals surface area contributed by atoms with Gasteiger partial charge >= 0.3 is 0 Å². The highest BCUT2D eigenvalue weighted by Gasteiger charge is 2.26. The van der Waals surface area contributed by atoms with Crippen LogP contribution in [-0.2, 0) is 10.0 Å². The molecule has 0 saturated heterocycles. The van der Waals surface area contributed by atoms with Gasteiger partial charge in [0.25, 0.3) is 0 Å². The first-order chi connectivity index (χ1) is 13.4. The van der Waals surface area contributed by atoms with Crippen LogP contribution < -0.4 is 14.9 Å². The Labute approximate surface area is 168 Å². The minimum Gasteiger partial charge on any atom is -0.385 e. The molecule has 0 radical (unpaired) electrons. The molecule has 152 valence electrons. The van der Waals surface area contributed by atoms with E-state index in [2.05, 4.69) is 27.1 Å². The summed E-state index contributed by atoms with van der Waals surface area (Å²) in [4.78, 5) is 2.11. The van der Waals surface area contributed by atoms with Crippen LogP contribution in [0.2, 0.25) is 0 Å². The van der Waals surface area contributed by atoms with E-state index >= 15 is 0 Å². The highest BCUT2D eigenvalue weighted by molar-refractivity contribution is 7.90. The molecule has 1 aliphatic carbocycles. The maximum atomic E-state index is 12.0. The van der Waals surface area contributed by atoms with E-state index in [1.54, 1.807) is 13.8 Å². The molecule has 7 heteroatoms. The number of sulfonamides is 1. The molecule has 1 aliphatic heterocycles. The molecule has 0 bridgehead atoms. The predicted molar refractivity (Wildman–Crippen MR) is 114 cm³/mol. The molecule has 28 heavy (non-hydrogen) atoms. The van der Waals surface area contributed by atoms with E-state index in [9.17, 15) is 13.7 Å². The van der Waals surface area contributed by atoms with E-state index in [1.807, 2.05) is 24.4 Å². The number of hydrogen-bond acceptors (Lipinski definition) is 5. The number of anilines is 2. The second-order valence-corrected chi connectivity index (χ2v) is 10.3. The molecule has 1 fully saturated rings. The Hall–Kier alpha value is -2.04. The lowest BCUT2D eigenvalue weighted by Crippen LogP contribution is -2.41. The molecule has 6 nitrogen and oxygen atoms in total. The Balaban J connectivity index is 1.50. The normalized spacial score (nSPS) is 22.4. The van der Waals surface area contributed by atoms with Crippen LogP contribution in [0, 0.1) is 17.2 Å². The predicted octanol–water partition coefficient (Wildman–Crippen LogP) is 3.58. The lowest BCUT2D eigenvalue weighted by molar-refractivity contribution is 0.323. The first-order valence-corrected chi connectivity index (χ1v) is 11.7. The number of hydrogen-bond donors (Lipinski definition) is 2. The molecule has 1 heterocycles. The lowest BCUT2D eigenvalue weighted by atomic mass is 9.86. The third-order valence-electron chi connectivity index (χ3n) is 5.64. The van der Waals surface area contributed by atoms with Crippen LogP contribution in [0.3, 0.4) is 0 Å². The molecular weight excluding hydrogens is 372 g/mol. The Morgan fingerprint density at radius 3 is 2.61 bits per heavy atom. The van der Waals surface area contributed by atoms with Crippen molar-refractivity contribution in [3.8, 4) is 6.07 Å². The average Bonchev–Trinajstić information content (AvgIpc) is 3.21. The van der Waals surface area contributed by atoms with Crippen LogP contribution in [0.15, 0.2) is 30.5 Å². The van der Waals surface area contributed by atoms with Crippen molar-refractivity contribution in [1.29, 1.82) is 5.26 Å². The first-order valence-electron chi connectivity index (χ1n) is 10.1. The number of nitriles is 1. The lowest BCUT2D eigenvalue weighted by Gasteiger charge is -2.30. The number of nitrogens with one attached hydrogen (secondary N) is 2. The molecule has 0 amide bonds. The first kappa shape index (κ1) is 20.7. The smallest absolute Gasteiger partial charge is 0.214 e. The molecule has 2 aliphatic rings. The van der Waals surface area contributed by atoms with Crippen molar-refractivity contribution >= 4 is 21.4 Å². The summed E-state index contributed by atoms with van der Waals surface area (Å²) in [5, 5.41) is 12.6. The van der Waals surface area contributed by atoms with E-state index in [0.29, 0.717) is 11.5 Å². The molecule has 1 saturated carbocycles. The van der Waals surface area contributed by atoms with Crippen molar-refractivity contribution in [1.82, 2.24) is 4.72 Å². The van der Waals surface area contributed by atoms with Gasteiger partial charge < -0.3 is 10.2 Å². The van der Waals surface area contributed by atoms with Crippen LogP contribution in [0.1, 0.15) is 51.5 Å². The Morgan fingerprint density at radius 1 is 1.25 bits per heavy atom. The third-order valence-corrected chi connectivity index (χ3v) is 7.54. The Bertz CT molecular complexity index is 850. The van der Waals surface area contributed by atoms with Crippen LogP contribution >= 0.6 is 0 Å². The summed E-state index contributed by atoms with van der Waals surface area (Å²) >= 11 is 0. The zero-order chi connectivity index (χ0) is 20.1. The van der Waals surface area contributed by atoms with Crippen molar-refractivity contribution in [2.45, 2.75) is 57.2 Å². The fourth-order valence-electron chi connectivity index (χ4n) is 3.79. The van der Waals surface area contributed by atoms with Gasteiger partial charge in [-0.15, -0.1) is 0 Å². The highest BCUT2D eigenvalue weighted by atomic mass is 32.2. The van der Waals surface area contributed by atoms with Gasteiger partial charge in [-0.3, -0.25) is 0 Å². The van der Waals surface area contributed by atoms with E-state index in [4.69, 9.17) is 0 Å². The summed E-state index contributed by atoms with van der Waals surface area (Å²) in [5.41, 5.74) is 2.61. The summed E-state index contributed by atoms with van der Waals surface area (Å²) in [6.45, 7) is 5.18. The van der Waals surface area contributed by atoms with E-state index in [-0.39, 0.29) is 11.3 Å². The molecule has 1 aromatic rings. The second-order valence-electron chi connectivity index (χ2n) is 8.02. The molecule has 0 spiro atoms. The van der Waals surface area contributed by atoms with E-state index < -0.39 is 10.0 Å². The van der Waals surface area contributed by atoms with Gasteiger partial charge in [0, 0.05) is 31.0 Å². The molecule has 3 rings (SSSR count). The minimum atomic E-state index is -3.19. The second kappa shape index (κ2) is 8.97. The number of rotatable bonds is 7. The van der Waals surface area contributed by atoms with Crippen molar-refractivity contribution in [2.24, 2.45) is 5.92 Å². The summed E-state index contributed by atoms with van der Waals surface area (Å²) in [5.74, 6) is 0.520. The quantitative estimate of drug-likeness (QED) is 0.728. The zero-order valence-corrected chi connectivity index (χ0v) is 17.5. The van der Waals surface area contributed by atoms with Crippen LogP contribution in [0.5, 0.6) is 0 Å². The number of benzene rings is 1. The van der Waals surface area contributed by atoms with Crippen molar-refractivity contribution in [3.05, 3.63) is 36.0 Å².